The van der Waals surface area contributed by atoms with E-state index in [4.69, 9.17) is 17.3 Å². The SMILES string of the molecule is Nc1ccc(Br)cc1C(=O)N=[N+]=Nc1ccccc1Cl. The quantitative estimate of drug-likeness (QED) is 0.501. The molecule has 0 bridgehead atoms. The molecule has 0 radical (unpaired) electrons. The average molecular weight is 353 g/mol. The van der Waals surface area contributed by atoms with Gasteiger partial charge >= 0.3 is 5.91 Å². The minimum atomic E-state index is -0.570. The maximum Gasteiger partial charge on any atom is 0.362 e. The van der Waals surface area contributed by atoms with Crippen LogP contribution < -0.4 is 10.6 Å². The maximum atomic E-state index is 11.8. The Morgan fingerprint density at radius 2 is 2.00 bits per heavy atom. The van der Waals surface area contributed by atoms with Crippen molar-refractivity contribution >= 4 is 44.8 Å². The van der Waals surface area contributed by atoms with Crippen LogP contribution in [0.3, 0.4) is 0 Å². The standard InChI is InChI=1S/C13H8BrClN4O/c14-8-5-6-11(16)9(7-8)13(20)18-19-17-12-4-2-1-3-10(12)15/h1-7H,(H-,16,20)/p+1. The van der Waals surface area contributed by atoms with E-state index < -0.39 is 5.91 Å². The van der Waals surface area contributed by atoms with Crippen LogP contribution in [0.25, 0.3) is 0 Å². The number of amides is 1. The summed E-state index contributed by atoms with van der Waals surface area (Å²) in [5.74, 6) is -0.570. The molecule has 0 heterocycles. The molecule has 0 aliphatic carbocycles. The monoisotopic (exact) mass is 351 g/mol. The molecule has 0 saturated carbocycles. The lowest BCUT2D eigenvalue weighted by Crippen LogP contribution is -2.00. The summed E-state index contributed by atoms with van der Waals surface area (Å²) in [7, 11) is 0. The molecule has 0 saturated heterocycles. The molecule has 20 heavy (non-hydrogen) atoms. The first-order valence-electron chi connectivity index (χ1n) is 5.53. The number of halogens is 2. The van der Waals surface area contributed by atoms with Crippen molar-refractivity contribution in [2.24, 2.45) is 10.2 Å². The van der Waals surface area contributed by atoms with Crippen molar-refractivity contribution in [1.29, 1.82) is 0 Å². The first-order chi connectivity index (χ1) is 9.58. The Morgan fingerprint density at radius 3 is 2.75 bits per heavy atom. The molecule has 100 valence electrons. The van der Waals surface area contributed by atoms with Gasteiger partial charge in [-0.1, -0.05) is 39.7 Å². The fraction of sp³-hybridized carbons (Fsp3) is 0. The smallest absolute Gasteiger partial charge is 0.362 e. The van der Waals surface area contributed by atoms with Gasteiger partial charge in [-0.3, -0.25) is 4.79 Å². The highest BCUT2D eigenvalue weighted by atomic mass is 79.9. The molecule has 1 amide bonds. The van der Waals surface area contributed by atoms with E-state index in [1.54, 1.807) is 42.5 Å². The highest BCUT2D eigenvalue weighted by molar-refractivity contribution is 9.10. The number of rotatable bonds is 2. The van der Waals surface area contributed by atoms with Crippen LogP contribution >= 0.6 is 27.5 Å². The summed E-state index contributed by atoms with van der Waals surface area (Å²) in [4.78, 5) is 15.3. The molecule has 2 rings (SSSR count). The summed E-state index contributed by atoms with van der Waals surface area (Å²) in [6.45, 7) is 0. The van der Waals surface area contributed by atoms with E-state index in [1.807, 2.05) is 0 Å². The lowest BCUT2D eigenvalue weighted by atomic mass is 10.2. The Balaban J connectivity index is 2.25. The molecule has 0 aliphatic rings. The summed E-state index contributed by atoms with van der Waals surface area (Å²) in [5.41, 5.74) is 6.73. The second-order valence-corrected chi connectivity index (χ2v) is 5.10. The van der Waals surface area contributed by atoms with Crippen LogP contribution in [-0.4, -0.2) is 5.91 Å². The van der Waals surface area contributed by atoms with E-state index in [0.717, 1.165) is 4.47 Å². The number of nitrogen functional groups attached to an aromatic ring is 1. The van der Waals surface area contributed by atoms with E-state index in [1.165, 1.54) is 0 Å². The largest absolute Gasteiger partial charge is 0.398 e. The van der Waals surface area contributed by atoms with Crippen molar-refractivity contribution < 1.29 is 4.79 Å². The van der Waals surface area contributed by atoms with Crippen LogP contribution in [0.4, 0.5) is 11.4 Å². The zero-order chi connectivity index (χ0) is 14.5. The van der Waals surface area contributed by atoms with Crippen molar-refractivity contribution in [2.45, 2.75) is 0 Å². The fourth-order valence-corrected chi connectivity index (χ4v) is 1.95. The van der Waals surface area contributed by atoms with Crippen molar-refractivity contribution in [3.63, 3.8) is 0 Å². The molecule has 2 N–H and O–H groups in total. The van der Waals surface area contributed by atoms with Crippen LogP contribution in [0.5, 0.6) is 0 Å². The number of hydrogen-bond donors (Lipinski definition) is 1. The van der Waals surface area contributed by atoms with E-state index in [2.05, 4.69) is 31.1 Å². The normalized spacial score (nSPS) is 9.70. The second kappa shape index (κ2) is 6.43. The van der Waals surface area contributed by atoms with Gasteiger partial charge in [-0.25, -0.2) is 0 Å². The zero-order valence-corrected chi connectivity index (χ0v) is 12.5. The van der Waals surface area contributed by atoms with Crippen molar-refractivity contribution in [3.05, 3.63) is 57.5 Å². The molecule has 0 fully saturated rings. The predicted molar refractivity (Wildman–Crippen MR) is 81.0 cm³/mol. The first-order valence-corrected chi connectivity index (χ1v) is 6.70. The van der Waals surface area contributed by atoms with Crippen LogP contribution in [0.2, 0.25) is 5.02 Å². The van der Waals surface area contributed by atoms with Gasteiger partial charge in [-0.15, -0.1) is 0 Å². The molecular formula is C13H9BrClN4O+. The lowest BCUT2D eigenvalue weighted by Gasteiger charge is -1.97. The van der Waals surface area contributed by atoms with E-state index >= 15 is 0 Å². The number of nitrogens with two attached hydrogens (primary N) is 1. The number of anilines is 1. The Morgan fingerprint density at radius 1 is 1.25 bits per heavy atom. The number of carbonyl (C=O) groups excluding carboxylic acids is 1. The third kappa shape index (κ3) is 3.51. The fourth-order valence-electron chi connectivity index (χ4n) is 1.41. The minimum Gasteiger partial charge on any atom is -0.398 e. The van der Waals surface area contributed by atoms with Crippen molar-refractivity contribution in [2.75, 3.05) is 5.73 Å². The van der Waals surface area contributed by atoms with Gasteiger partial charge in [0.1, 0.15) is 0 Å². The molecule has 0 atom stereocenters. The minimum absolute atomic E-state index is 0.262. The Labute approximate surface area is 128 Å². The van der Waals surface area contributed by atoms with Crippen molar-refractivity contribution in [3.8, 4) is 0 Å². The molecule has 7 heteroatoms. The summed E-state index contributed by atoms with van der Waals surface area (Å²) >= 11 is 9.15. The van der Waals surface area contributed by atoms with E-state index in [9.17, 15) is 4.79 Å². The third-order valence-electron chi connectivity index (χ3n) is 2.39. The zero-order valence-electron chi connectivity index (χ0n) is 10.1. The maximum absolute atomic E-state index is 11.8. The first kappa shape index (κ1) is 14.4. The molecule has 2 aromatic rings. The Hall–Kier alpha value is -2.01. The molecular weight excluding hydrogens is 344 g/mol. The summed E-state index contributed by atoms with van der Waals surface area (Å²) in [6, 6.07) is 11.8. The lowest BCUT2D eigenvalue weighted by molar-refractivity contribution is 0.0993. The van der Waals surface area contributed by atoms with Gasteiger partial charge in [-0.2, -0.15) is 0 Å². The Bertz CT molecular complexity index is 726. The molecule has 0 unspecified atom stereocenters. The van der Waals surface area contributed by atoms with Crippen LogP contribution in [-0.2, 0) is 0 Å². The molecule has 0 aromatic heterocycles. The summed E-state index contributed by atoms with van der Waals surface area (Å²) < 4.78 is 0.730. The molecule has 5 nitrogen and oxygen atoms in total. The number of nitrogens with zero attached hydrogens (tertiary/aromatic N) is 3. The summed E-state index contributed by atoms with van der Waals surface area (Å²) in [5, 5.41) is 7.70. The number of carbonyl (C=O) groups is 1. The van der Waals surface area contributed by atoms with Gasteiger partial charge in [0.25, 0.3) is 0 Å². The predicted octanol–water partition coefficient (Wildman–Crippen LogP) is 4.13. The van der Waals surface area contributed by atoms with Gasteiger partial charge in [-0.05, 0) is 30.3 Å². The summed E-state index contributed by atoms with van der Waals surface area (Å²) in [6.07, 6.45) is 0. The number of benzene rings is 2. The number of hydrogen-bond acceptors (Lipinski definition) is 3. The van der Waals surface area contributed by atoms with Gasteiger partial charge in [0.15, 0.2) is 10.8 Å². The third-order valence-corrected chi connectivity index (χ3v) is 3.20. The van der Waals surface area contributed by atoms with Gasteiger partial charge in [0.05, 0.1) is 10.6 Å². The van der Waals surface area contributed by atoms with E-state index in [0.29, 0.717) is 16.4 Å². The van der Waals surface area contributed by atoms with Crippen LogP contribution in [0.1, 0.15) is 10.4 Å². The van der Waals surface area contributed by atoms with E-state index in [-0.39, 0.29) is 5.56 Å². The average Bonchev–Trinajstić information content (AvgIpc) is 2.43. The van der Waals surface area contributed by atoms with Crippen LogP contribution in [0.15, 0.2) is 57.2 Å². The topological polar surface area (TPSA) is 81.9 Å². The van der Waals surface area contributed by atoms with Gasteiger partial charge in [0, 0.05) is 10.2 Å². The highest BCUT2D eigenvalue weighted by Gasteiger charge is 2.14. The van der Waals surface area contributed by atoms with Gasteiger partial charge < -0.3 is 5.73 Å². The molecule has 0 aliphatic heterocycles. The van der Waals surface area contributed by atoms with Crippen LogP contribution in [0, 0.1) is 0 Å². The second-order valence-electron chi connectivity index (χ2n) is 3.78. The van der Waals surface area contributed by atoms with Gasteiger partial charge in [0.2, 0.25) is 10.0 Å². The molecule has 2 aromatic carbocycles. The van der Waals surface area contributed by atoms with Crippen molar-refractivity contribution in [1.82, 2.24) is 4.91 Å². The molecule has 0 spiro atoms. The Kier molecular flexibility index (Phi) is 4.63. The highest BCUT2D eigenvalue weighted by Crippen LogP contribution is 2.22.